The molecule has 29 heavy (non-hydrogen) atoms. The van der Waals surface area contributed by atoms with Gasteiger partial charge in [0.1, 0.15) is 17.6 Å². The Balaban J connectivity index is 1.95. The first-order valence-electron chi connectivity index (χ1n) is 8.19. The summed E-state index contributed by atoms with van der Waals surface area (Å²) in [4.78, 5) is 11.5. The Hall–Kier alpha value is -2.79. The zero-order valence-corrected chi connectivity index (χ0v) is 16.3. The molecule has 0 saturated carbocycles. The van der Waals surface area contributed by atoms with Gasteiger partial charge in [-0.15, -0.1) is 0 Å². The molecule has 0 heterocycles. The van der Waals surface area contributed by atoms with Gasteiger partial charge in [-0.1, -0.05) is 0 Å². The van der Waals surface area contributed by atoms with Crippen LogP contribution >= 0.6 is 0 Å². The lowest BCUT2D eigenvalue weighted by Crippen LogP contribution is -2.32. The van der Waals surface area contributed by atoms with Crippen molar-refractivity contribution in [3.05, 3.63) is 48.0 Å². The molecule has 2 aromatic carbocycles. The fourth-order valence-corrected chi connectivity index (χ4v) is 3.02. The summed E-state index contributed by atoms with van der Waals surface area (Å²) in [6.07, 6.45) is -1.10. The minimum atomic E-state index is -4.86. The minimum absolute atomic E-state index is 0.161. The molecular formula is C18H19F3N2O5S. The van der Waals surface area contributed by atoms with Crippen molar-refractivity contribution in [2.45, 2.75) is 16.5 Å². The molecule has 0 fully saturated rings. The van der Waals surface area contributed by atoms with Gasteiger partial charge in [0, 0.05) is 22.7 Å². The maximum Gasteiger partial charge on any atom is 0.475 e. The number of hydrogen-bond donors (Lipinski definition) is 3. The van der Waals surface area contributed by atoms with Crippen molar-refractivity contribution in [1.29, 1.82) is 0 Å². The third-order valence-electron chi connectivity index (χ3n) is 3.79. The maximum atomic E-state index is 12.4. The van der Waals surface area contributed by atoms with Crippen LogP contribution in [-0.2, 0) is 10.8 Å². The fraction of sp³-hybridized carbons (Fsp3) is 0.278. The molecule has 2 unspecified atom stereocenters. The van der Waals surface area contributed by atoms with Gasteiger partial charge < -0.3 is 25.2 Å². The largest absolute Gasteiger partial charge is 0.497 e. The van der Waals surface area contributed by atoms with Crippen LogP contribution < -0.4 is 20.1 Å². The number of benzene rings is 2. The Morgan fingerprint density at radius 1 is 1.14 bits per heavy atom. The number of aliphatic hydroxyl groups is 1. The van der Waals surface area contributed by atoms with E-state index in [0.717, 1.165) is 12.1 Å². The predicted octanol–water partition coefficient (Wildman–Crippen LogP) is 3.19. The van der Waals surface area contributed by atoms with Crippen molar-refractivity contribution in [2.75, 3.05) is 26.1 Å². The standard InChI is InChI=1S/C18H19F3N2O5S/c1-27-12-5-8-16(28-2)14(9-12)15(24)10-22-17(25)23-11-3-6-13(7-4-11)29(26)18(19,20)21/h3-9,15,24H,10H2,1-2H3,(H2,22,23,25). The number of alkyl halides is 3. The van der Waals surface area contributed by atoms with E-state index in [0.29, 0.717) is 17.1 Å². The summed E-state index contributed by atoms with van der Waals surface area (Å²) < 4.78 is 58.9. The summed E-state index contributed by atoms with van der Waals surface area (Å²) in [6, 6.07) is 8.57. The number of carbonyl (C=O) groups excluding carboxylic acids is 1. The topological polar surface area (TPSA) is 96.9 Å². The van der Waals surface area contributed by atoms with Crippen molar-refractivity contribution < 1.29 is 36.8 Å². The number of aliphatic hydroxyl groups excluding tert-OH is 1. The van der Waals surface area contributed by atoms with Gasteiger partial charge in [0.05, 0.1) is 14.2 Å². The van der Waals surface area contributed by atoms with Crippen LogP contribution in [-0.4, -0.2) is 41.6 Å². The van der Waals surface area contributed by atoms with Gasteiger partial charge in [-0.3, -0.25) is 0 Å². The smallest absolute Gasteiger partial charge is 0.475 e. The average Bonchev–Trinajstić information content (AvgIpc) is 2.70. The summed E-state index contributed by atoms with van der Waals surface area (Å²) in [7, 11) is -0.233. The number of carbonyl (C=O) groups is 1. The average molecular weight is 432 g/mol. The fourth-order valence-electron chi connectivity index (χ4n) is 2.37. The van der Waals surface area contributed by atoms with Gasteiger partial charge in [0.25, 0.3) is 0 Å². The highest BCUT2D eigenvalue weighted by Gasteiger charge is 2.37. The van der Waals surface area contributed by atoms with Crippen LogP contribution in [0.5, 0.6) is 11.5 Å². The lowest BCUT2D eigenvalue weighted by atomic mass is 10.1. The van der Waals surface area contributed by atoms with Crippen molar-refractivity contribution in [2.24, 2.45) is 0 Å². The van der Waals surface area contributed by atoms with Gasteiger partial charge in [-0.2, -0.15) is 13.2 Å². The Kier molecular flexibility index (Phi) is 7.46. The van der Waals surface area contributed by atoms with E-state index < -0.39 is 33.3 Å². The van der Waals surface area contributed by atoms with Crippen molar-refractivity contribution in [3.8, 4) is 11.5 Å². The number of nitrogens with one attached hydrogen (secondary N) is 2. The third kappa shape index (κ3) is 6.09. The second-order valence-corrected chi connectivity index (χ2v) is 7.17. The monoisotopic (exact) mass is 432 g/mol. The van der Waals surface area contributed by atoms with Gasteiger partial charge >= 0.3 is 11.5 Å². The van der Waals surface area contributed by atoms with E-state index >= 15 is 0 Å². The molecule has 3 N–H and O–H groups in total. The van der Waals surface area contributed by atoms with E-state index in [4.69, 9.17) is 9.47 Å². The molecule has 0 bridgehead atoms. The molecule has 2 rings (SSSR count). The number of rotatable bonds is 7. The highest BCUT2D eigenvalue weighted by atomic mass is 32.2. The quantitative estimate of drug-likeness (QED) is 0.625. The summed E-state index contributed by atoms with van der Waals surface area (Å²) in [5.74, 6) is 0.911. The van der Waals surface area contributed by atoms with Crippen LogP contribution in [0.3, 0.4) is 0 Å². The number of amides is 2. The molecule has 158 valence electrons. The second-order valence-electron chi connectivity index (χ2n) is 5.70. The molecule has 0 aliphatic rings. The van der Waals surface area contributed by atoms with Crippen LogP contribution in [0.15, 0.2) is 47.4 Å². The molecule has 2 amide bonds. The number of ether oxygens (including phenoxy) is 2. The first kappa shape index (κ1) is 22.5. The van der Waals surface area contributed by atoms with Crippen LogP contribution in [0.25, 0.3) is 0 Å². The van der Waals surface area contributed by atoms with Crippen LogP contribution in [0.1, 0.15) is 11.7 Å². The van der Waals surface area contributed by atoms with E-state index in [1.54, 1.807) is 18.2 Å². The number of urea groups is 1. The first-order chi connectivity index (χ1) is 13.7. The predicted molar refractivity (Wildman–Crippen MR) is 100 cm³/mol. The molecule has 11 heteroatoms. The van der Waals surface area contributed by atoms with E-state index in [-0.39, 0.29) is 12.2 Å². The lowest BCUT2D eigenvalue weighted by molar-refractivity contribution is -0.0384. The molecule has 0 aliphatic carbocycles. The van der Waals surface area contributed by atoms with Gasteiger partial charge in [0.2, 0.25) is 0 Å². The Bertz CT molecular complexity index is 875. The summed E-state index contributed by atoms with van der Waals surface area (Å²) >= 11 is 0. The molecule has 0 spiro atoms. The Labute approximate surface area is 167 Å². The highest BCUT2D eigenvalue weighted by molar-refractivity contribution is 7.86. The number of methoxy groups -OCH3 is 2. The molecule has 7 nitrogen and oxygen atoms in total. The lowest BCUT2D eigenvalue weighted by Gasteiger charge is -2.17. The molecule has 0 aliphatic heterocycles. The zero-order chi connectivity index (χ0) is 21.6. The van der Waals surface area contributed by atoms with Crippen molar-refractivity contribution in [1.82, 2.24) is 5.32 Å². The normalized spacial score (nSPS) is 13.3. The molecule has 2 atom stereocenters. The third-order valence-corrected chi connectivity index (χ3v) is 4.91. The van der Waals surface area contributed by atoms with Gasteiger partial charge in [-0.05, 0) is 42.5 Å². The van der Waals surface area contributed by atoms with Crippen LogP contribution in [0.4, 0.5) is 23.7 Å². The highest BCUT2D eigenvalue weighted by Crippen LogP contribution is 2.29. The Morgan fingerprint density at radius 2 is 1.79 bits per heavy atom. The molecule has 2 aromatic rings. The van der Waals surface area contributed by atoms with Crippen LogP contribution in [0, 0.1) is 0 Å². The van der Waals surface area contributed by atoms with E-state index in [9.17, 15) is 27.3 Å². The van der Waals surface area contributed by atoms with Gasteiger partial charge in [-0.25, -0.2) is 9.00 Å². The SMILES string of the molecule is COc1ccc(OC)c(C(O)CNC(=O)Nc2ccc(S(=O)C(F)(F)F)cc2)c1. The van der Waals surface area contributed by atoms with Crippen LogP contribution in [0.2, 0.25) is 0 Å². The number of hydrogen-bond acceptors (Lipinski definition) is 5. The maximum absolute atomic E-state index is 12.4. The molecule has 0 saturated heterocycles. The van der Waals surface area contributed by atoms with Crippen molar-refractivity contribution >= 4 is 22.5 Å². The molecule has 0 aromatic heterocycles. The summed E-state index contributed by atoms with van der Waals surface area (Å²) in [5, 5.41) is 15.2. The number of halogens is 3. The summed E-state index contributed by atoms with van der Waals surface area (Å²) in [5.41, 5.74) is -4.26. The summed E-state index contributed by atoms with van der Waals surface area (Å²) in [6.45, 7) is -0.161. The van der Waals surface area contributed by atoms with Crippen molar-refractivity contribution in [3.63, 3.8) is 0 Å². The number of anilines is 1. The Morgan fingerprint density at radius 3 is 2.34 bits per heavy atom. The minimum Gasteiger partial charge on any atom is -0.497 e. The zero-order valence-electron chi connectivity index (χ0n) is 15.4. The van der Waals surface area contributed by atoms with Gasteiger partial charge in [0.15, 0.2) is 10.8 Å². The van der Waals surface area contributed by atoms with E-state index in [2.05, 4.69) is 10.6 Å². The molecule has 0 radical (unpaired) electrons. The van der Waals surface area contributed by atoms with E-state index in [1.807, 2.05) is 0 Å². The molecular weight excluding hydrogens is 413 g/mol. The first-order valence-corrected chi connectivity index (χ1v) is 9.34. The van der Waals surface area contributed by atoms with E-state index in [1.165, 1.54) is 26.4 Å². The second kappa shape index (κ2) is 9.61.